The summed E-state index contributed by atoms with van der Waals surface area (Å²) in [5.41, 5.74) is 0. The highest BCUT2D eigenvalue weighted by Gasteiger charge is 2.12. The van der Waals surface area contributed by atoms with Crippen molar-refractivity contribution in [3.63, 3.8) is 0 Å². The average Bonchev–Trinajstić information content (AvgIpc) is 2.23. The molecule has 1 amide bonds. The molecule has 0 bridgehead atoms. The van der Waals surface area contributed by atoms with Gasteiger partial charge in [-0.1, -0.05) is 13.8 Å². The third kappa shape index (κ3) is 8.95. The minimum Gasteiger partial charge on any atom is -0.382 e. The first-order valence-corrected chi connectivity index (χ1v) is 6.05. The van der Waals surface area contributed by atoms with Crippen LogP contribution in [0.25, 0.3) is 0 Å². The quantitative estimate of drug-likeness (QED) is 0.498. The lowest BCUT2D eigenvalue weighted by Crippen LogP contribution is -2.39. The molecule has 1 unspecified atom stereocenters. The van der Waals surface area contributed by atoms with Crippen LogP contribution in [0.4, 0.5) is 0 Å². The predicted octanol–water partition coefficient (Wildman–Crippen LogP) is 1.42. The van der Waals surface area contributed by atoms with Crippen molar-refractivity contribution in [1.29, 1.82) is 0 Å². The van der Waals surface area contributed by atoms with Gasteiger partial charge >= 0.3 is 0 Å². The molecule has 96 valence electrons. The zero-order valence-corrected chi connectivity index (χ0v) is 11.0. The number of alkyl halides is 1. The highest BCUT2D eigenvalue weighted by Crippen LogP contribution is 2.05. The first-order chi connectivity index (χ1) is 7.60. The summed E-state index contributed by atoms with van der Waals surface area (Å²) in [6, 6.07) is 0.0280. The van der Waals surface area contributed by atoms with Crippen molar-refractivity contribution in [1.82, 2.24) is 5.32 Å². The third-order valence-corrected chi connectivity index (χ3v) is 2.34. The van der Waals surface area contributed by atoms with Gasteiger partial charge in [0.2, 0.25) is 5.91 Å². The number of nitrogens with one attached hydrogen (secondary N) is 1. The Kier molecular flexibility index (Phi) is 9.68. The van der Waals surface area contributed by atoms with Crippen molar-refractivity contribution < 1.29 is 14.3 Å². The van der Waals surface area contributed by atoms with E-state index in [-0.39, 0.29) is 18.6 Å². The summed E-state index contributed by atoms with van der Waals surface area (Å²) >= 11 is 5.76. The van der Waals surface area contributed by atoms with Crippen molar-refractivity contribution in [2.24, 2.45) is 5.92 Å². The minimum absolute atomic E-state index is 0.0280. The van der Waals surface area contributed by atoms with E-state index in [1.165, 1.54) is 0 Å². The van der Waals surface area contributed by atoms with Gasteiger partial charge in [0.25, 0.3) is 0 Å². The molecule has 0 fully saturated rings. The Morgan fingerprint density at radius 1 is 1.38 bits per heavy atom. The molecule has 0 heterocycles. The topological polar surface area (TPSA) is 47.6 Å². The van der Waals surface area contributed by atoms with Crippen LogP contribution in [0.15, 0.2) is 0 Å². The molecule has 0 aliphatic rings. The van der Waals surface area contributed by atoms with E-state index in [0.717, 1.165) is 6.42 Å². The SMILES string of the molecule is COCCOCC(=O)NC(CCl)CC(C)C. The number of halogens is 1. The lowest BCUT2D eigenvalue weighted by atomic mass is 10.1. The van der Waals surface area contributed by atoms with E-state index in [2.05, 4.69) is 19.2 Å². The molecule has 0 aliphatic carbocycles. The van der Waals surface area contributed by atoms with Crippen LogP contribution in [-0.2, 0) is 14.3 Å². The summed E-state index contributed by atoms with van der Waals surface area (Å²) in [6.07, 6.45) is 0.882. The van der Waals surface area contributed by atoms with E-state index in [1.807, 2.05) is 0 Å². The Morgan fingerprint density at radius 3 is 2.56 bits per heavy atom. The first kappa shape index (κ1) is 15.7. The van der Waals surface area contributed by atoms with E-state index in [1.54, 1.807) is 7.11 Å². The summed E-state index contributed by atoms with van der Waals surface area (Å²) in [5, 5.41) is 2.84. The summed E-state index contributed by atoms with van der Waals surface area (Å²) in [5.74, 6) is 0.822. The number of methoxy groups -OCH3 is 1. The van der Waals surface area contributed by atoms with Crippen molar-refractivity contribution in [2.45, 2.75) is 26.3 Å². The standard InChI is InChI=1S/C11H22ClNO3/c1-9(2)6-10(7-12)13-11(14)8-16-5-4-15-3/h9-10H,4-8H2,1-3H3,(H,13,14). The van der Waals surface area contributed by atoms with Crippen LogP contribution in [0, 0.1) is 5.92 Å². The lowest BCUT2D eigenvalue weighted by molar-refractivity contribution is -0.126. The van der Waals surface area contributed by atoms with Gasteiger partial charge in [0.1, 0.15) is 6.61 Å². The molecule has 1 atom stereocenters. The maximum absolute atomic E-state index is 11.4. The number of hydrogen-bond donors (Lipinski definition) is 1. The first-order valence-electron chi connectivity index (χ1n) is 5.52. The number of carbonyl (C=O) groups is 1. The number of carbonyl (C=O) groups excluding carboxylic acids is 1. The molecule has 16 heavy (non-hydrogen) atoms. The molecule has 4 nitrogen and oxygen atoms in total. The molecule has 0 rings (SSSR count). The summed E-state index contributed by atoms with van der Waals surface area (Å²) in [6.45, 7) is 5.19. The van der Waals surface area contributed by atoms with Crippen LogP contribution in [0.3, 0.4) is 0 Å². The molecule has 0 saturated heterocycles. The maximum atomic E-state index is 11.4. The molecular formula is C11H22ClNO3. The summed E-state index contributed by atoms with van der Waals surface area (Å²) < 4.78 is 9.91. The van der Waals surface area contributed by atoms with Crippen LogP contribution in [-0.4, -0.2) is 44.8 Å². The molecular weight excluding hydrogens is 230 g/mol. The van der Waals surface area contributed by atoms with Crippen LogP contribution in [0.1, 0.15) is 20.3 Å². The normalized spacial score (nSPS) is 12.8. The monoisotopic (exact) mass is 251 g/mol. The molecule has 0 aliphatic heterocycles. The maximum Gasteiger partial charge on any atom is 0.246 e. The van der Waals surface area contributed by atoms with E-state index in [0.29, 0.717) is 25.0 Å². The lowest BCUT2D eigenvalue weighted by Gasteiger charge is -2.17. The number of rotatable bonds is 9. The van der Waals surface area contributed by atoms with Gasteiger partial charge in [-0.2, -0.15) is 0 Å². The van der Waals surface area contributed by atoms with Crippen molar-refractivity contribution in [3.8, 4) is 0 Å². The van der Waals surface area contributed by atoms with Crippen LogP contribution in [0.2, 0.25) is 0 Å². The zero-order valence-electron chi connectivity index (χ0n) is 10.3. The second-order valence-corrected chi connectivity index (χ2v) is 4.40. The Bertz CT molecular complexity index is 188. The molecule has 5 heteroatoms. The highest BCUT2D eigenvalue weighted by atomic mass is 35.5. The van der Waals surface area contributed by atoms with Crippen molar-refractivity contribution >= 4 is 17.5 Å². The van der Waals surface area contributed by atoms with E-state index in [4.69, 9.17) is 21.1 Å². The van der Waals surface area contributed by atoms with E-state index >= 15 is 0 Å². The fraction of sp³-hybridized carbons (Fsp3) is 0.909. The van der Waals surface area contributed by atoms with Crippen LogP contribution >= 0.6 is 11.6 Å². The molecule has 0 spiro atoms. The summed E-state index contributed by atoms with van der Waals surface area (Å²) in [7, 11) is 1.59. The van der Waals surface area contributed by atoms with E-state index < -0.39 is 0 Å². The number of amides is 1. The number of ether oxygens (including phenoxy) is 2. The molecule has 0 radical (unpaired) electrons. The Hall–Kier alpha value is -0.320. The minimum atomic E-state index is -0.123. The summed E-state index contributed by atoms with van der Waals surface area (Å²) in [4.78, 5) is 11.4. The molecule has 1 N–H and O–H groups in total. The van der Waals surface area contributed by atoms with Gasteiger partial charge in [0, 0.05) is 19.0 Å². The molecule has 0 aromatic rings. The predicted molar refractivity (Wildman–Crippen MR) is 64.8 cm³/mol. The zero-order chi connectivity index (χ0) is 12.4. The van der Waals surface area contributed by atoms with Gasteiger partial charge in [0.15, 0.2) is 0 Å². The third-order valence-electron chi connectivity index (χ3n) is 1.97. The largest absolute Gasteiger partial charge is 0.382 e. The van der Waals surface area contributed by atoms with Gasteiger partial charge in [-0.25, -0.2) is 0 Å². The molecule has 0 aromatic heterocycles. The smallest absolute Gasteiger partial charge is 0.246 e. The van der Waals surface area contributed by atoms with E-state index in [9.17, 15) is 4.79 Å². The van der Waals surface area contributed by atoms with Gasteiger partial charge in [0.05, 0.1) is 13.2 Å². The van der Waals surface area contributed by atoms with Gasteiger partial charge < -0.3 is 14.8 Å². The average molecular weight is 252 g/mol. The van der Waals surface area contributed by atoms with Gasteiger partial charge in [-0.3, -0.25) is 4.79 Å². The second-order valence-electron chi connectivity index (χ2n) is 4.09. The van der Waals surface area contributed by atoms with Crippen molar-refractivity contribution in [3.05, 3.63) is 0 Å². The Balaban J connectivity index is 3.66. The fourth-order valence-electron chi connectivity index (χ4n) is 1.31. The Labute approximate surface area is 103 Å². The molecule has 0 aromatic carbocycles. The number of hydrogen-bond acceptors (Lipinski definition) is 3. The van der Waals surface area contributed by atoms with Crippen molar-refractivity contribution in [2.75, 3.05) is 32.8 Å². The molecule has 0 saturated carbocycles. The van der Waals surface area contributed by atoms with Gasteiger partial charge in [-0.15, -0.1) is 11.6 Å². The highest BCUT2D eigenvalue weighted by molar-refractivity contribution is 6.18. The Morgan fingerprint density at radius 2 is 2.06 bits per heavy atom. The van der Waals surface area contributed by atoms with Crippen LogP contribution in [0.5, 0.6) is 0 Å². The second kappa shape index (κ2) is 9.87. The van der Waals surface area contributed by atoms with Gasteiger partial charge in [-0.05, 0) is 12.3 Å². The fourth-order valence-corrected chi connectivity index (χ4v) is 1.51. The van der Waals surface area contributed by atoms with Crippen LogP contribution < -0.4 is 5.32 Å².